The van der Waals surface area contributed by atoms with Crippen LogP contribution in [0.15, 0.2) is 90.4 Å². The van der Waals surface area contributed by atoms with E-state index >= 15 is 0 Å². The molecule has 0 radical (unpaired) electrons. The van der Waals surface area contributed by atoms with Gasteiger partial charge in [0.05, 0.1) is 12.0 Å². The summed E-state index contributed by atoms with van der Waals surface area (Å²) in [6, 6.07) is 22.6. The number of aromatic nitrogens is 1. The number of nitrogens with zero attached hydrogens (tertiary/aromatic N) is 1. The molecule has 0 bridgehead atoms. The second-order valence-corrected chi connectivity index (χ2v) is 13.4. The number of aliphatic carboxylic acids is 1. The summed E-state index contributed by atoms with van der Waals surface area (Å²) >= 11 is 1.51. The fourth-order valence-electron chi connectivity index (χ4n) is 6.39. The molecule has 1 aliphatic rings. The molecule has 3 heterocycles. The zero-order chi connectivity index (χ0) is 33.6. The summed E-state index contributed by atoms with van der Waals surface area (Å²) in [7, 11) is 0. The SMILES string of the molecule is N[C@@H](Cc1cccs1)C(=O)N[C@H](Cc1c[nH]c2ccccc12)C(=O)N[C@H](Cc1ccc2ccccc2c1)C(=O)N1CCC(C(=O)O)CC1. The number of nitrogens with one attached hydrogen (secondary N) is 3. The maximum absolute atomic E-state index is 14.2. The Morgan fingerprint density at radius 1 is 0.854 bits per heavy atom. The first kappa shape index (κ1) is 32.9. The Hall–Kier alpha value is -5.00. The van der Waals surface area contributed by atoms with Crippen molar-refractivity contribution in [3.8, 4) is 0 Å². The molecule has 1 fully saturated rings. The number of fused-ring (bicyclic) bond motifs is 2. The second kappa shape index (κ2) is 14.8. The van der Waals surface area contributed by atoms with Crippen molar-refractivity contribution in [2.45, 2.75) is 50.2 Å². The first-order valence-electron chi connectivity index (χ1n) is 16.2. The summed E-state index contributed by atoms with van der Waals surface area (Å²) in [5, 5.41) is 20.3. The maximum Gasteiger partial charge on any atom is 0.306 e. The Labute approximate surface area is 282 Å². The minimum Gasteiger partial charge on any atom is -0.481 e. The number of hydrogen-bond acceptors (Lipinski definition) is 6. The van der Waals surface area contributed by atoms with E-state index in [1.165, 1.54) is 11.3 Å². The van der Waals surface area contributed by atoms with Gasteiger partial charge in [-0.3, -0.25) is 19.2 Å². The fourth-order valence-corrected chi connectivity index (χ4v) is 7.15. The third-order valence-corrected chi connectivity index (χ3v) is 9.99. The highest BCUT2D eigenvalue weighted by Crippen LogP contribution is 2.22. The van der Waals surface area contributed by atoms with Crippen LogP contribution in [-0.2, 0) is 38.4 Å². The van der Waals surface area contributed by atoms with Crippen LogP contribution in [0.25, 0.3) is 21.7 Å². The summed E-state index contributed by atoms with van der Waals surface area (Å²) < 4.78 is 0. The van der Waals surface area contributed by atoms with Crippen molar-refractivity contribution >= 4 is 56.7 Å². The highest BCUT2D eigenvalue weighted by atomic mass is 32.1. The standard InChI is InChI=1S/C37H39N5O5S/c38-30(21-28-8-5-17-48-28)34(43)40-32(20-27-22-39-31-10-4-3-9-29(27)31)35(44)41-33(36(45)42-15-13-25(14-16-42)37(46)47)19-23-11-12-24-6-1-2-7-26(24)18-23/h1-12,17-18,22,25,30,32-33,39H,13-16,19-21,38H2,(H,40,43)(H,41,44)(H,46,47)/t30-,32+,33+/m0/s1. The first-order valence-corrected chi connectivity index (χ1v) is 17.1. The highest BCUT2D eigenvalue weighted by molar-refractivity contribution is 7.09. The zero-order valence-corrected chi connectivity index (χ0v) is 27.2. The van der Waals surface area contributed by atoms with Gasteiger partial charge in [0.25, 0.3) is 0 Å². The third kappa shape index (κ3) is 7.75. The Morgan fingerprint density at radius 2 is 1.58 bits per heavy atom. The summed E-state index contributed by atoms with van der Waals surface area (Å²) in [5.41, 5.74) is 8.91. The van der Waals surface area contributed by atoms with Gasteiger partial charge in [-0.05, 0) is 52.3 Å². The molecule has 0 unspecified atom stereocenters. The molecule has 10 nitrogen and oxygen atoms in total. The van der Waals surface area contributed by atoms with Gasteiger partial charge in [-0.1, -0.05) is 66.7 Å². The van der Waals surface area contributed by atoms with E-state index < -0.39 is 41.8 Å². The van der Waals surface area contributed by atoms with Gasteiger partial charge < -0.3 is 31.4 Å². The van der Waals surface area contributed by atoms with Crippen LogP contribution >= 0.6 is 11.3 Å². The predicted octanol–water partition coefficient (Wildman–Crippen LogP) is 4.03. The molecule has 1 aliphatic heterocycles. The Balaban J connectivity index is 1.26. The van der Waals surface area contributed by atoms with Crippen LogP contribution in [0.5, 0.6) is 0 Å². The van der Waals surface area contributed by atoms with Crippen molar-refractivity contribution in [3.63, 3.8) is 0 Å². The number of para-hydroxylation sites is 1. The number of carbonyl (C=O) groups excluding carboxylic acids is 3. The van der Waals surface area contributed by atoms with E-state index in [0.29, 0.717) is 19.3 Å². The molecule has 0 saturated carbocycles. The van der Waals surface area contributed by atoms with Crippen LogP contribution in [0.3, 0.4) is 0 Å². The molecule has 3 amide bonds. The van der Waals surface area contributed by atoms with Gasteiger partial charge in [0.1, 0.15) is 12.1 Å². The molecule has 248 valence electrons. The number of carboxylic acid groups (broad SMARTS) is 1. The third-order valence-electron chi connectivity index (χ3n) is 9.09. The number of benzene rings is 3. The summed E-state index contributed by atoms with van der Waals surface area (Å²) in [4.78, 5) is 59.0. The van der Waals surface area contributed by atoms with Gasteiger partial charge in [0.15, 0.2) is 0 Å². The van der Waals surface area contributed by atoms with Gasteiger partial charge in [-0.2, -0.15) is 0 Å². The van der Waals surface area contributed by atoms with Gasteiger partial charge >= 0.3 is 5.97 Å². The second-order valence-electron chi connectivity index (χ2n) is 12.4. The number of thiophene rings is 1. The first-order chi connectivity index (χ1) is 23.2. The largest absolute Gasteiger partial charge is 0.481 e. The molecule has 6 rings (SSSR count). The number of aromatic amines is 1. The summed E-state index contributed by atoms with van der Waals surface area (Å²) in [6.45, 7) is 0.569. The number of piperidine rings is 1. The van der Waals surface area contributed by atoms with Crippen LogP contribution in [0.2, 0.25) is 0 Å². The van der Waals surface area contributed by atoms with E-state index in [4.69, 9.17) is 5.73 Å². The van der Waals surface area contributed by atoms with Crippen molar-refractivity contribution in [3.05, 3.63) is 106 Å². The molecule has 11 heteroatoms. The average molecular weight is 666 g/mol. The van der Waals surface area contributed by atoms with Crippen LogP contribution < -0.4 is 16.4 Å². The molecule has 2 aromatic heterocycles. The lowest BCUT2D eigenvalue weighted by atomic mass is 9.95. The topological polar surface area (TPSA) is 158 Å². The minimum atomic E-state index is -1.02. The van der Waals surface area contributed by atoms with Crippen molar-refractivity contribution in [1.82, 2.24) is 20.5 Å². The molecular weight excluding hydrogens is 627 g/mol. The van der Waals surface area contributed by atoms with Crippen molar-refractivity contribution in [1.29, 1.82) is 0 Å². The summed E-state index contributed by atoms with van der Waals surface area (Å²) in [5.74, 6) is -2.62. The van der Waals surface area contributed by atoms with Gasteiger partial charge in [-0.15, -0.1) is 11.3 Å². The van der Waals surface area contributed by atoms with Crippen LogP contribution in [-0.4, -0.2) is 69.9 Å². The molecule has 0 spiro atoms. The molecular formula is C37H39N5O5S. The number of carboxylic acids is 1. The fraction of sp³-hybridized carbons (Fsp3) is 0.297. The van der Waals surface area contributed by atoms with Crippen LogP contribution in [0.1, 0.15) is 28.8 Å². The predicted molar refractivity (Wildman–Crippen MR) is 186 cm³/mol. The highest BCUT2D eigenvalue weighted by Gasteiger charge is 2.34. The zero-order valence-electron chi connectivity index (χ0n) is 26.4. The Morgan fingerprint density at radius 3 is 2.33 bits per heavy atom. The number of hydrogen-bond donors (Lipinski definition) is 5. The number of amides is 3. The van der Waals surface area contributed by atoms with Crippen molar-refractivity contribution in [2.24, 2.45) is 11.7 Å². The van der Waals surface area contributed by atoms with E-state index in [2.05, 4.69) is 15.6 Å². The maximum atomic E-state index is 14.2. The molecule has 0 aliphatic carbocycles. The number of rotatable bonds is 12. The van der Waals surface area contributed by atoms with Crippen molar-refractivity contribution < 1.29 is 24.3 Å². The molecule has 3 aromatic carbocycles. The van der Waals surface area contributed by atoms with E-state index in [1.54, 1.807) is 4.90 Å². The van der Waals surface area contributed by atoms with E-state index in [9.17, 15) is 24.3 Å². The molecule has 3 atom stereocenters. The lowest BCUT2D eigenvalue weighted by Crippen LogP contribution is -2.58. The Kier molecular flexibility index (Phi) is 10.2. The van der Waals surface area contributed by atoms with Gasteiger partial charge in [0.2, 0.25) is 17.7 Å². The van der Waals surface area contributed by atoms with E-state index in [0.717, 1.165) is 37.7 Å². The average Bonchev–Trinajstić information content (AvgIpc) is 3.77. The van der Waals surface area contributed by atoms with Gasteiger partial charge in [-0.25, -0.2) is 0 Å². The summed E-state index contributed by atoms with van der Waals surface area (Å²) in [6.07, 6.45) is 3.25. The van der Waals surface area contributed by atoms with E-state index in [-0.39, 0.29) is 31.8 Å². The molecule has 48 heavy (non-hydrogen) atoms. The smallest absolute Gasteiger partial charge is 0.306 e. The monoisotopic (exact) mass is 665 g/mol. The number of carbonyl (C=O) groups is 4. The normalized spacial score (nSPS) is 15.6. The van der Waals surface area contributed by atoms with Gasteiger partial charge in [0, 0.05) is 54.3 Å². The Bertz CT molecular complexity index is 1910. The lowest BCUT2D eigenvalue weighted by Gasteiger charge is -2.33. The van der Waals surface area contributed by atoms with Crippen LogP contribution in [0.4, 0.5) is 0 Å². The molecule has 6 N–H and O–H groups in total. The number of H-pyrrole nitrogens is 1. The minimum absolute atomic E-state index is 0.175. The molecule has 1 saturated heterocycles. The van der Waals surface area contributed by atoms with Crippen LogP contribution in [0, 0.1) is 5.92 Å². The lowest BCUT2D eigenvalue weighted by molar-refractivity contribution is -0.146. The number of nitrogens with two attached hydrogens (primary N) is 1. The van der Waals surface area contributed by atoms with Crippen molar-refractivity contribution in [2.75, 3.05) is 13.1 Å². The van der Waals surface area contributed by atoms with E-state index in [1.807, 2.05) is 90.4 Å². The molecule has 5 aromatic rings. The quantitative estimate of drug-likeness (QED) is 0.135. The number of likely N-dealkylation sites (tertiary alicyclic amines) is 1.